The number of para-hydroxylation sites is 1. The predicted octanol–water partition coefficient (Wildman–Crippen LogP) is 4.74. The van der Waals surface area contributed by atoms with Crippen LogP contribution in [0.4, 0.5) is 11.4 Å². The van der Waals surface area contributed by atoms with Crippen LogP contribution >= 0.6 is 0 Å². The molecule has 0 saturated heterocycles. The highest BCUT2D eigenvalue weighted by atomic mass is 16.5. The van der Waals surface area contributed by atoms with Gasteiger partial charge in [0.1, 0.15) is 11.5 Å². The van der Waals surface area contributed by atoms with Crippen LogP contribution in [0.2, 0.25) is 0 Å². The molecule has 3 rings (SSSR count). The maximum atomic E-state index is 13.0. The Labute approximate surface area is 171 Å². The Balaban J connectivity index is 1.69. The lowest BCUT2D eigenvalue weighted by molar-refractivity contribution is -0.118. The largest absolute Gasteiger partial charge is 0.497 e. The van der Waals surface area contributed by atoms with Crippen molar-refractivity contribution in [2.24, 2.45) is 0 Å². The number of ether oxygens (including phenoxy) is 2. The highest BCUT2D eigenvalue weighted by molar-refractivity contribution is 5.93. The molecule has 29 heavy (non-hydrogen) atoms. The van der Waals surface area contributed by atoms with E-state index in [0.29, 0.717) is 25.3 Å². The lowest BCUT2D eigenvalue weighted by atomic mass is 10.2. The van der Waals surface area contributed by atoms with Gasteiger partial charge in [-0.1, -0.05) is 48.5 Å². The molecule has 5 heteroatoms. The third-order valence-corrected chi connectivity index (χ3v) is 4.61. The van der Waals surface area contributed by atoms with E-state index in [-0.39, 0.29) is 5.91 Å². The van der Waals surface area contributed by atoms with Gasteiger partial charge in [0.25, 0.3) is 0 Å². The number of nitrogens with zero attached hydrogens (tertiary/aromatic N) is 1. The highest BCUT2D eigenvalue weighted by Crippen LogP contribution is 2.29. The summed E-state index contributed by atoms with van der Waals surface area (Å²) in [6.45, 7) is 1.02. The van der Waals surface area contributed by atoms with Crippen molar-refractivity contribution in [2.75, 3.05) is 31.0 Å². The number of nitrogens with one attached hydrogen (secondary N) is 1. The molecule has 0 aliphatic carbocycles. The Kier molecular flexibility index (Phi) is 7.11. The van der Waals surface area contributed by atoms with E-state index in [9.17, 15) is 4.79 Å². The van der Waals surface area contributed by atoms with Gasteiger partial charge < -0.3 is 19.7 Å². The van der Waals surface area contributed by atoms with Gasteiger partial charge >= 0.3 is 0 Å². The second kappa shape index (κ2) is 10.2. The monoisotopic (exact) mass is 390 g/mol. The fourth-order valence-corrected chi connectivity index (χ4v) is 3.09. The van der Waals surface area contributed by atoms with Crippen LogP contribution in [0, 0.1) is 0 Å². The van der Waals surface area contributed by atoms with Crippen LogP contribution in [-0.4, -0.2) is 26.7 Å². The van der Waals surface area contributed by atoms with Crippen LogP contribution in [0.3, 0.4) is 0 Å². The first-order valence-electron chi connectivity index (χ1n) is 9.56. The SMILES string of the molecule is COc1ccc(OC)c(NCCC(=O)N(Cc2ccccc2)c2ccccc2)c1. The van der Waals surface area contributed by atoms with Gasteiger partial charge in [0, 0.05) is 24.7 Å². The van der Waals surface area contributed by atoms with Gasteiger partial charge in [-0.3, -0.25) is 4.79 Å². The zero-order chi connectivity index (χ0) is 20.5. The van der Waals surface area contributed by atoms with Gasteiger partial charge in [0.2, 0.25) is 5.91 Å². The van der Waals surface area contributed by atoms with Gasteiger partial charge in [0.05, 0.1) is 26.5 Å². The number of amides is 1. The molecular formula is C24H26N2O3. The van der Waals surface area contributed by atoms with Crippen molar-refractivity contribution in [3.63, 3.8) is 0 Å². The molecule has 0 spiro atoms. The summed E-state index contributed by atoms with van der Waals surface area (Å²) in [7, 11) is 3.24. The van der Waals surface area contributed by atoms with E-state index < -0.39 is 0 Å². The third-order valence-electron chi connectivity index (χ3n) is 4.61. The zero-order valence-electron chi connectivity index (χ0n) is 16.8. The molecule has 0 aromatic heterocycles. The molecule has 0 aliphatic rings. The minimum absolute atomic E-state index is 0.0504. The van der Waals surface area contributed by atoms with Gasteiger partial charge in [-0.2, -0.15) is 0 Å². The number of carbonyl (C=O) groups excluding carboxylic acids is 1. The summed E-state index contributed by atoms with van der Waals surface area (Å²) in [6.07, 6.45) is 0.349. The molecule has 0 bridgehead atoms. The van der Waals surface area contributed by atoms with Crippen LogP contribution in [0.5, 0.6) is 11.5 Å². The van der Waals surface area contributed by atoms with Crippen molar-refractivity contribution >= 4 is 17.3 Å². The van der Waals surface area contributed by atoms with Gasteiger partial charge in [-0.15, -0.1) is 0 Å². The van der Waals surface area contributed by atoms with Crippen molar-refractivity contribution in [1.29, 1.82) is 0 Å². The Bertz CT molecular complexity index is 914. The Morgan fingerprint density at radius 2 is 1.59 bits per heavy atom. The molecule has 0 heterocycles. The molecule has 1 amide bonds. The van der Waals surface area contributed by atoms with Crippen molar-refractivity contribution in [3.8, 4) is 11.5 Å². The van der Waals surface area contributed by atoms with E-state index in [2.05, 4.69) is 5.32 Å². The lowest BCUT2D eigenvalue weighted by Gasteiger charge is -2.23. The van der Waals surface area contributed by atoms with E-state index >= 15 is 0 Å². The molecule has 0 fully saturated rings. The van der Waals surface area contributed by atoms with Crippen molar-refractivity contribution in [1.82, 2.24) is 0 Å². The third kappa shape index (κ3) is 5.51. The second-order valence-corrected chi connectivity index (χ2v) is 6.54. The van der Waals surface area contributed by atoms with E-state index in [1.807, 2.05) is 83.8 Å². The lowest BCUT2D eigenvalue weighted by Crippen LogP contribution is -2.31. The molecule has 0 aliphatic heterocycles. The summed E-state index contributed by atoms with van der Waals surface area (Å²) in [5, 5.41) is 3.29. The quantitative estimate of drug-likeness (QED) is 0.573. The first-order valence-corrected chi connectivity index (χ1v) is 9.56. The number of hydrogen-bond acceptors (Lipinski definition) is 4. The molecule has 5 nitrogen and oxygen atoms in total. The summed E-state index contributed by atoms with van der Waals surface area (Å²) in [5.74, 6) is 1.49. The van der Waals surface area contributed by atoms with Crippen LogP contribution in [-0.2, 0) is 11.3 Å². The van der Waals surface area contributed by atoms with Crippen LogP contribution in [0.1, 0.15) is 12.0 Å². The molecule has 0 saturated carbocycles. The summed E-state index contributed by atoms with van der Waals surface area (Å²) < 4.78 is 10.7. The zero-order valence-corrected chi connectivity index (χ0v) is 16.8. The molecule has 0 atom stereocenters. The van der Waals surface area contributed by atoms with Crippen molar-refractivity contribution in [3.05, 3.63) is 84.4 Å². The van der Waals surface area contributed by atoms with Crippen LogP contribution in [0.15, 0.2) is 78.9 Å². The maximum Gasteiger partial charge on any atom is 0.229 e. The molecule has 0 radical (unpaired) electrons. The number of carbonyl (C=O) groups is 1. The summed E-state index contributed by atoms with van der Waals surface area (Å²) in [5.41, 5.74) is 2.78. The Morgan fingerprint density at radius 3 is 2.24 bits per heavy atom. The normalized spacial score (nSPS) is 10.3. The van der Waals surface area contributed by atoms with E-state index in [0.717, 1.165) is 22.7 Å². The molecular weight excluding hydrogens is 364 g/mol. The predicted molar refractivity (Wildman–Crippen MR) is 117 cm³/mol. The average Bonchev–Trinajstić information content (AvgIpc) is 2.78. The number of benzene rings is 3. The Morgan fingerprint density at radius 1 is 0.897 bits per heavy atom. The first-order chi connectivity index (χ1) is 14.2. The number of hydrogen-bond donors (Lipinski definition) is 1. The van der Waals surface area contributed by atoms with Crippen LogP contribution < -0.4 is 19.7 Å². The van der Waals surface area contributed by atoms with E-state index in [1.54, 1.807) is 14.2 Å². The minimum Gasteiger partial charge on any atom is -0.497 e. The average molecular weight is 390 g/mol. The maximum absolute atomic E-state index is 13.0. The molecule has 0 unspecified atom stereocenters. The van der Waals surface area contributed by atoms with Crippen molar-refractivity contribution < 1.29 is 14.3 Å². The fraction of sp³-hybridized carbons (Fsp3) is 0.208. The highest BCUT2D eigenvalue weighted by Gasteiger charge is 2.16. The number of rotatable bonds is 9. The molecule has 3 aromatic carbocycles. The molecule has 1 N–H and O–H groups in total. The van der Waals surface area contributed by atoms with Crippen LogP contribution in [0.25, 0.3) is 0 Å². The smallest absolute Gasteiger partial charge is 0.229 e. The molecule has 150 valence electrons. The Hall–Kier alpha value is -3.47. The van der Waals surface area contributed by atoms with Crippen molar-refractivity contribution in [2.45, 2.75) is 13.0 Å². The first kappa shape index (κ1) is 20.3. The number of methoxy groups -OCH3 is 2. The van der Waals surface area contributed by atoms with E-state index in [4.69, 9.17) is 9.47 Å². The number of anilines is 2. The summed E-state index contributed by atoms with van der Waals surface area (Å²) in [4.78, 5) is 14.9. The summed E-state index contributed by atoms with van der Waals surface area (Å²) >= 11 is 0. The minimum atomic E-state index is 0.0504. The standard InChI is InChI=1S/C24H26N2O3/c1-28-21-13-14-23(29-2)22(17-21)25-16-15-24(27)26(20-11-7-4-8-12-20)18-19-9-5-3-6-10-19/h3-14,17,25H,15-16,18H2,1-2H3. The van der Waals surface area contributed by atoms with Gasteiger partial charge in [-0.25, -0.2) is 0 Å². The fourth-order valence-electron chi connectivity index (χ4n) is 3.09. The summed E-state index contributed by atoms with van der Waals surface area (Å²) in [6, 6.07) is 25.3. The molecule has 3 aromatic rings. The van der Waals surface area contributed by atoms with Gasteiger partial charge in [0.15, 0.2) is 0 Å². The van der Waals surface area contributed by atoms with E-state index in [1.165, 1.54) is 0 Å². The van der Waals surface area contributed by atoms with Gasteiger partial charge in [-0.05, 0) is 29.8 Å². The topological polar surface area (TPSA) is 50.8 Å². The second-order valence-electron chi connectivity index (χ2n) is 6.54.